The van der Waals surface area contributed by atoms with Gasteiger partial charge in [0.2, 0.25) is 0 Å². The van der Waals surface area contributed by atoms with Crippen LogP contribution in [0.25, 0.3) is 5.69 Å². The summed E-state index contributed by atoms with van der Waals surface area (Å²) in [5.41, 5.74) is 1.45. The predicted molar refractivity (Wildman–Crippen MR) is 79.7 cm³/mol. The summed E-state index contributed by atoms with van der Waals surface area (Å²) in [4.78, 5) is 11.9. The van der Waals surface area contributed by atoms with Crippen molar-refractivity contribution in [1.29, 1.82) is 0 Å². The van der Waals surface area contributed by atoms with Crippen LogP contribution in [-0.4, -0.2) is 14.9 Å². The minimum Gasteiger partial charge on any atom is -0.507 e. The van der Waals surface area contributed by atoms with Crippen LogP contribution >= 0.6 is 0 Å². The van der Waals surface area contributed by atoms with Crippen LogP contribution in [0.1, 0.15) is 11.1 Å². The van der Waals surface area contributed by atoms with Crippen molar-refractivity contribution in [1.82, 2.24) is 9.78 Å². The molecule has 0 saturated heterocycles. The first kappa shape index (κ1) is 15.7. The van der Waals surface area contributed by atoms with Gasteiger partial charge in [-0.25, -0.2) is 13.6 Å². The second kappa shape index (κ2) is 5.80. The molecule has 0 saturated carbocycles. The van der Waals surface area contributed by atoms with Gasteiger partial charge in [0.15, 0.2) is 11.6 Å². The molecule has 0 unspecified atom stereocenters. The zero-order valence-electron chi connectivity index (χ0n) is 12.7. The monoisotopic (exact) mass is 334 g/mol. The number of rotatable bonds is 3. The third-order valence-corrected chi connectivity index (χ3v) is 3.34. The number of aryl methyl sites for hydroxylation is 2. The second-order valence-corrected chi connectivity index (χ2v) is 5.15. The maximum Gasteiger partial charge on any atom is 0.444 e. The molecule has 0 amide bonds. The van der Waals surface area contributed by atoms with Crippen LogP contribution < -0.4 is 10.5 Å². The largest absolute Gasteiger partial charge is 0.507 e. The second-order valence-electron chi connectivity index (χ2n) is 5.15. The Morgan fingerprint density at radius 3 is 2.46 bits per heavy atom. The van der Waals surface area contributed by atoms with Crippen LogP contribution in [0.4, 0.5) is 8.78 Å². The Hall–Kier alpha value is -3.16. The van der Waals surface area contributed by atoms with Crippen molar-refractivity contribution >= 4 is 0 Å². The van der Waals surface area contributed by atoms with Crippen LogP contribution in [0.15, 0.2) is 39.5 Å². The molecule has 2 aromatic carbocycles. The smallest absolute Gasteiger partial charge is 0.444 e. The van der Waals surface area contributed by atoms with Crippen molar-refractivity contribution in [3.8, 4) is 23.3 Å². The lowest BCUT2D eigenvalue weighted by Crippen LogP contribution is -2.13. The van der Waals surface area contributed by atoms with E-state index < -0.39 is 23.5 Å². The average molecular weight is 334 g/mol. The van der Waals surface area contributed by atoms with E-state index in [-0.39, 0.29) is 11.5 Å². The van der Waals surface area contributed by atoms with Crippen molar-refractivity contribution in [3.05, 3.63) is 63.6 Å². The predicted octanol–water partition coefficient (Wildman–Crippen LogP) is 3.22. The molecule has 3 aromatic rings. The van der Waals surface area contributed by atoms with Gasteiger partial charge in [-0.15, -0.1) is 0 Å². The topological polar surface area (TPSA) is 77.5 Å². The third-order valence-electron chi connectivity index (χ3n) is 3.34. The minimum atomic E-state index is -0.955. The Bertz CT molecular complexity index is 955. The molecule has 0 aliphatic carbocycles. The quantitative estimate of drug-likeness (QED) is 0.796. The first-order valence-electron chi connectivity index (χ1n) is 6.89. The lowest BCUT2D eigenvalue weighted by atomic mass is 10.1. The van der Waals surface area contributed by atoms with Crippen molar-refractivity contribution in [2.75, 3.05) is 0 Å². The molecule has 124 valence electrons. The normalized spacial score (nSPS) is 10.8. The zero-order chi connectivity index (χ0) is 17.4. The van der Waals surface area contributed by atoms with Crippen LogP contribution in [-0.2, 0) is 0 Å². The Morgan fingerprint density at radius 2 is 1.83 bits per heavy atom. The molecule has 24 heavy (non-hydrogen) atoms. The van der Waals surface area contributed by atoms with Gasteiger partial charge in [0.05, 0.1) is 5.69 Å². The van der Waals surface area contributed by atoms with Gasteiger partial charge in [-0.05, 0) is 49.2 Å². The number of nitrogens with zero attached hydrogens (tertiary/aromatic N) is 2. The van der Waals surface area contributed by atoms with E-state index >= 15 is 0 Å². The number of hydrogen-bond acceptors (Lipinski definition) is 5. The Kier molecular flexibility index (Phi) is 3.80. The molecular formula is C16H12F2N2O4. The van der Waals surface area contributed by atoms with Crippen LogP contribution in [0.3, 0.4) is 0 Å². The Labute approximate surface area is 134 Å². The number of halogens is 2. The van der Waals surface area contributed by atoms with Crippen molar-refractivity contribution in [2.45, 2.75) is 13.8 Å². The first-order chi connectivity index (χ1) is 11.3. The molecule has 0 fully saturated rings. The van der Waals surface area contributed by atoms with Crippen LogP contribution in [0, 0.1) is 25.5 Å². The molecule has 0 aliphatic heterocycles. The molecule has 6 nitrogen and oxygen atoms in total. The van der Waals surface area contributed by atoms with E-state index in [1.807, 2.05) is 0 Å². The lowest BCUT2D eigenvalue weighted by molar-refractivity contribution is 0.308. The number of aromatic hydroxyl groups is 1. The van der Waals surface area contributed by atoms with Gasteiger partial charge in [-0.3, -0.25) is 0 Å². The highest BCUT2D eigenvalue weighted by Crippen LogP contribution is 2.26. The molecular weight excluding hydrogens is 322 g/mol. The minimum absolute atomic E-state index is 0.111. The summed E-state index contributed by atoms with van der Waals surface area (Å²) in [5.74, 6) is -2.79. The van der Waals surface area contributed by atoms with Crippen molar-refractivity contribution in [2.24, 2.45) is 0 Å². The number of benzene rings is 2. The molecule has 1 heterocycles. The molecule has 0 aliphatic rings. The Balaban J connectivity index is 1.97. The van der Waals surface area contributed by atoms with E-state index in [1.54, 1.807) is 13.8 Å². The van der Waals surface area contributed by atoms with Crippen molar-refractivity contribution in [3.63, 3.8) is 0 Å². The molecule has 1 N–H and O–H groups in total. The SMILES string of the molecule is Cc1cc(-n2nc(Oc3ccc(F)cc3F)oc2=O)cc(C)c1O. The van der Waals surface area contributed by atoms with E-state index in [0.717, 1.165) is 16.8 Å². The highest BCUT2D eigenvalue weighted by Gasteiger charge is 2.16. The van der Waals surface area contributed by atoms with Crippen molar-refractivity contribution < 1.29 is 23.0 Å². The van der Waals surface area contributed by atoms with E-state index in [2.05, 4.69) is 5.10 Å². The molecule has 0 bridgehead atoms. The molecule has 0 atom stereocenters. The highest BCUT2D eigenvalue weighted by atomic mass is 19.1. The molecule has 8 heteroatoms. The van der Waals surface area contributed by atoms with Crippen LogP contribution in [0.2, 0.25) is 0 Å². The van der Waals surface area contributed by atoms with E-state index in [1.165, 1.54) is 12.1 Å². The van der Waals surface area contributed by atoms with E-state index in [4.69, 9.17) is 9.15 Å². The summed E-state index contributed by atoms with van der Waals surface area (Å²) in [6, 6.07) is 5.76. The van der Waals surface area contributed by atoms with Gasteiger partial charge in [0.1, 0.15) is 11.6 Å². The third kappa shape index (κ3) is 2.85. The van der Waals surface area contributed by atoms with Gasteiger partial charge in [0.25, 0.3) is 0 Å². The summed E-state index contributed by atoms with van der Waals surface area (Å²) in [7, 11) is 0. The fourth-order valence-corrected chi connectivity index (χ4v) is 2.17. The number of phenols is 1. The molecule has 0 radical (unpaired) electrons. The van der Waals surface area contributed by atoms with Crippen LogP contribution in [0.5, 0.6) is 17.6 Å². The summed E-state index contributed by atoms with van der Waals surface area (Å²) in [6.45, 7) is 3.34. The number of aromatic nitrogens is 2. The van der Waals surface area contributed by atoms with Gasteiger partial charge < -0.3 is 14.3 Å². The molecule has 3 rings (SSSR count). The van der Waals surface area contributed by atoms with Gasteiger partial charge in [-0.1, -0.05) is 5.10 Å². The highest BCUT2D eigenvalue weighted by molar-refractivity contribution is 5.47. The number of ether oxygens (including phenoxy) is 1. The van der Waals surface area contributed by atoms with E-state index in [9.17, 15) is 18.7 Å². The maximum atomic E-state index is 13.6. The average Bonchev–Trinajstić information content (AvgIpc) is 2.88. The summed E-state index contributed by atoms with van der Waals surface area (Å²) >= 11 is 0. The Morgan fingerprint density at radius 1 is 1.17 bits per heavy atom. The number of hydrogen-bond donors (Lipinski definition) is 1. The van der Waals surface area contributed by atoms with Gasteiger partial charge in [-0.2, -0.15) is 4.68 Å². The summed E-state index contributed by atoms with van der Waals surface area (Å²) in [6.07, 6.45) is -0.492. The first-order valence-corrected chi connectivity index (χ1v) is 6.89. The zero-order valence-corrected chi connectivity index (χ0v) is 12.7. The van der Waals surface area contributed by atoms with Gasteiger partial charge >= 0.3 is 11.8 Å². The number of phenolic OH excluding ortho intramolecular Hbond substituents is 1. The van der Waals surface area contributed by atoms with E-state index in [0.29, 0.717) is 22.9 Å². The fraction of sp³-hybridized carbons (Fsp3) is 0.125. The maximum absolute atomic E-state index is 13.6. The molecule has 1 aromatic heterocycles. The summed E-state index contributed by atoms with van der Waals surface area (Å²) in [5, 5.41) is 13.6. The standard InChI is InChI=1S/C16H12F2N2O4/c1-8-5-11(6-9(2)14(8)21)20-16(22)24-15(19-20)23-13-4-3-10(17)7-12(13)18/h3-7,21H,1-2H3. The summed E-state index contributed by atoms with van der Waals surface area (Å²) < 4.78 is 37.2. The lowest BCUT2D eigenvalue weighted by Gasteiger charge is -2.06. The van der Waals surface area contributed by atoms with Gasteiger partial charge in [0, 0.05) is 6.07 Å². The fourth-order valence-electron chi connectivity index (χ4n) is 2.17. The molecule has 0 spiro atoms.